The molecular formula is C17H26BrF2N3O2. The number of aliphatic hydroxyl groups is 1. The Bertz CT molecular complexity index is 550. The van der Waals surface area contributed by atoms with Crippen molar-refractivity contribution in [3.05, 3.63) is 16.2 Å². The van der Waals surface area contributed by atoms with E-state index in [2.05, 4.69) is 32.8 Å². The third-order valence-corrected chi connectivity index (χ3v) is 4.40. The van der Waals surface area contributed by atoms with Crippen LogP contribution in [0.5, 0.6) is 5.88 Å². The van der Waals surface area contributed by atoms with Gasteiger partial charge >= 0.3 is 6.61 Å². The van der Waals surface area contributed by atoms with Gasteiger partial charge in [-0.3, -0.25) is 0 Å². The lowest BCUT2D eigenvalue weighted by atomic mass is 9.98. The summed E-state index contributed by atoms with van der Waals surface area (Å²) < 4.78 is 26.7. The Hall–Kier alpha value is -1.28. The highest BCUT2D eigenvalue weighted by atomic mass is 79.9. The van der Waals surface area contributed by atoms with E-state index < -0.39 is 6.61 Å². The van der Waals surface area contributed by atoms with Gasteiger partial charge in [-0.2, -0.15) is 8.78 Å². The maximum atomic E-state index is 9.89. The summed E-state index contributed by atoms with van der Waals surface area (Å²) in [5.41, 5.74) is 1.77. The molecule has 0 spiro atoms. The molecule has 1 N–H and O–H groups in total. The number of nitrogens with zero attached hydrogens (tertiary/aromatic N) is 3. The third-order valence-electron chi connectivity index (χ3n) is 3.83. The van der Waals surface area contributed by atoms with Crippen molar-refractivity contribution in [1.29, 1.82) is 0 Å². The number of aliphatic imine (C=N–C) groups is 1. The molecule has 1 heterocycles. The molecule has 0 atom stereocenters. The fraction of sp³-hybridized carbons (Fsp3) is 0.647. The first-order chi connectivity index (χ1) is 11.8. The summed E-state index contributed by atoms with van der Waals surface area (Å²) in [5, 5.41) is 6.72. The number of hydrogen-bond donors (Lipinski definition) is 1. The van der Waals surface area contributed by atoms with Gasteiger partial charge in [0.25, 0.3) is 0 Å². The van der Waals surface area contributed by atoms with Crippen LogP contribution in [0.15, 0.2) is 15.5 Å². The Morgan fingerprint density at radius 1 is 1.44 bits per heavy atom. The lowest BCUT2D eigenvalue weighted by Gasteiger charge is -2.23. The molecule has 1 aromatic heterocycles. The van der Waals surface area contributed by atoms with Crippen molar-refractivity contribution < 1.29 is 18.6 Å². The van der Waals surface area contributed by atoms with Gasteiger partial charge in [-0.05, 0) is 61.5 Å². The zero-order valence-corrected chi connectivity index (χ0v) is 16.5. The number of ether oxygens (including phenoxy) is 1. The summed E-state index contributed by atoms with van der Waals surface area (Å²) in [6.45, 7) is 1.83. The minimum Gasteiger partial charge on any atom is -0.474 e. The molecule has 0 amide bonds. The highest BCUT2D eigenvalue weighted by Crippen LogP contribution is 2.32. The maximum absolute atomic E-state index is 9.89. The highest BCUT2D eigenvalue weighted by Gasteiger charge is 2.17. The maximum Gasteiger partial charge on any atom is 0.342 e. The number of aryl methyl sites for hydroxylation is 1. The van der Waals surface area contributed by atoms with Gasteiger partial charge in [-0.1, -0.05) is 6.42 Å². The SMILES string of the molecule is CCN(C)C=Nc1cc(Br)c(OC2CCCCC2)nc1C.OC(F)F. The van der Waals surface area contributed by atoms with E-state index in [9.17, 15) is 8.78 Å². The first-order valence-corrected chi connectivity index (χ1v) is 9.17. The van der Waals surface area contributed by atoms with Gasteiger partial charge in [0, 0.05) is 13.6 Å². The molecule has 1 fully saturated rings. The van der Waals surface area contributed by atoms with Gasteiger partial charge in [-0.25, -0.2) is 9.98 Å². The van der Waals surface area contributed by atoms with E-state index in [4.69, 9.17) is 9.84 Å². The minimum absolute atomic E-state index is 0.308. The van der Waals surface area contributed by atoms with Crippen LogP contribution < -0.4 is 4.74 Å². The molecule has 0 saturated heterocycles. The van der Waals surface area contributed by atoms with E-state index in [0.717, 1.165) is 35.2 Å². The van der Waals surface area contributed by atoms with Crippen LogP contribution in [0.4, 0.5) is 14.5 Å². The molecule has 8 heteroatoms. The molecule has 0 aromatic carbocycles. The van der Waals surface area contributed by atoms with Crippen LogP contribution in [0.25, 0.3) is 0 Å². The first-order valence-electron chi connectivity index (χ1n) is 8.38. The Morgan fingerprint density at radius 2 is 2.04 bits per heavy atom. The smallest absolute Gasteiger partial charge is 0.342 e. The van der Waals surface area contributed by atoms with Crippen LogP contribution in [-0.2, 0) is 0 Å². The van der Waals surface area contributed by atoms with Crippen molar-refractivity contribution >= 4 is 28.0 Å². The number of aromatic nitrogens is 1. The average Bonchev–Trinajstić information content (AvgIpc) is 2.56. The Labute approximate surface area is 156 Å². The molecule has 25 heavy (non-hydrogen) atoms. The van der Waals surface area contributed by atoms with Crippen LogP contribution in [0, 0.1) is 6.92 Å². The van der Waals surface area contributed by atoms with Crippen molar-refractivity contribution in [2.24, 2.45) is 4.99 Å². The largest absolute Gasteiger partial charge is 0.474 e. The second kappa shape index (κ2) is 11.4. The molecule has 142 valence electrons. The number of aliphatic hydroxyl groups excluding tert-OH is 1. The van der Waals surface area contributed by atoms with Gasteiger partial charge in [0.15, 0.2) is 0 Å². The number of alkyl halides is 2. The summed E-state index contributed by atoms with van der Waals surface area (Å²) in [7, 11) is 2.00. The topological polar surface area (TPSA) is 58.0 Å². The van der Waals surface area contributed by atoms with Crippen molar-refractivity contribution in [2.45, 2.75) is 58.7 Å². The van der Waals surface area contributed by atoms with Gasteiger partial charge in [0.05, 0.1) is 22.2 Å². The molecule has 0 bridgehead atoms. The van der Waals surface area contributed by atoms with E-state index >= 15 is 0 Å². The zero-order chi connectivity index (χ0) is 18.8. The number of hydrogen-bond acceptors (Lipinski definition) is 4. The van der Waals surface area contributed by atoms with Gasteiger partial charge in [0.2, 0.25) is 5.88 Å². The summed E-state index contributed by atoms with van der Waals surface area (Å²) in [6, 6.07) is 1.99. The van der Waals surface area contributed by atoms with Gasteiger partial charge in [-0.15, -0.1) is 0 Å². The lowest BCUT2D eigenvalue weighted by molar-refractivity contribution is -0.0728. The average molecular weight is 422 g/mol. The van der Waals surface area contributed by atoms with E-state index in [1.165, 1.54) is 19.3 Å². The quantitative estimate of drug-likeness (QED) is 0.553. The second-order valence-electron chi connectivity index (χ2n) is 5.85. The van der Waals surface area contributed by atoms with Crippen molar-refractivity contribution in [2.75, 3.05) is 13.6 Å². The number of halogens is 3. The van der Waals surface area contributed by atoms with Crippen LogP contribution in [0.2, 0.25) is 0 Å². The molecular weight excluding hydrogens is 396 g/mol. The molecule has 1 aromatic rings. The zero-order valence-electron chi connectivity index (χ0n) is 14.9. The predicted molar refractivity (Wildman–Crippen MR) is 98.9 cm³/mol. The van der Waals surface area contributed by atoms with Crippen LogP contribution >= 0.6 is 15.9 Å². The molecule has 0 radical (unpaired) electrons. The summed E-state index contributed by atoms with van der Waals surface area (Å²) in [6.07, 6.45) is 8.25. The van der Waals surface area contributed by atoms with Gasteiger partial charge in [0.1, 0.15) is 6.10 Å². The molecule has 1 aliphatic carbocycles. The monoisotopic (exact) mass is 421 g/mol. The predicted octanol–water partition coefficient (Wildman–Crippen LogP) is 4.68. The molecule has 0 unspecified atom stereocenters. The van der Waals surface area contributed by atoms with Gasteiger partial charge < -0.3 is 14.7 Å². The third kappa shape index (κ3) is 8.58. The summed E-state index contributed by atoms with van der Waals surface area (Å²) >= 11 is 3.56. The van der Waals surface area contributed by atoms with Crippen LogP contribution in [-0.4, -0.2) is 47.6 Å². The Morgan fingerprint density at radius 3 is 2.60 bits per heavy atom. The Kier molecular flexibility index (Phi) is 9.89. The summed E-state index contributed by atoms with van der Waals surface area (Å²) in [4.78, 5) is 11.1. The van der Waals surface area contributed by atoms with Crippen molar-refractivity contribution in [1.82, 2.24) is 9.88 Å². The molecule has 5 nitrogen and oxygen atoms in total. The first kappa shape index (κ1) is 21.8. The van der Waals surface area contributed by atoms with E-state index in [0.29, 0.717) is 12.0 Å². The normalized spacial score (nSPS) is 15.2. The van der Waals surface area contributed by atoms with Crippen LogP contribution in [0.1, 0.15) is 44.7 Å². The molecule has 2 rings (SSSR count). The number of pyridine rings is 1. The molecule has 1 saturated carbocycles. The van der Waals surface area contributed by atoms with E-state index in [-0.39, 0.29) is 0 Å². The fourth-order valence-corrected chi connectivity index (χ4v) is 2.74. The van der Waals surface area contributed by atoms with Crippen molar-refractivity contribution in [3.63, 3.8) is 0 Å². The van der Waals surface area contributed by atoms with E-state index in [1.54, 1.807) is 0 Å². The lowest BCUT2D eigenvalue weighted by Crippen LogP contribution is -2.20. The molecule has 1 aliphatic rings. The Balaban J connectivity index is 0.000000705. The second-order valence-corrected chi connectivity index (χ2v) is 6.71. The van der Waals surface area contributed by atoms with Crippen molar-refractivity contribution in [3.8, 4) is 5.88 Å². The fourth-order valence-electron chi connectivity index (χ4n) is 2.35. The minimum atomic E-state index is -3.17. The molecule has 0 aliphatic heterocycles. The van der Waals surface area contributed by atoms with E-state index in [1.807, 2.05) is 31.3 Å². The van der Waals surface area contributed by atoms with Crippen LogP contribution in [0.3, 0.4) is 0 Å². The summed E-state index contributed by atoms with van der Waals surface area (Å²) in [5.74, 6) is 0.696. The standard InChI is InChI=1S/C16H24BrN3O.CH2F2O/c1-4-20(3)11-18-15-10-14(17)16(19-12(15)2)21-13-8-6-5-7-9-13;2-1(3)4/h10-11,13H,4-9H2,1-3H3;1,4H. The highest BCUT2D eigenvalue weighted by molar-refractivity contribution is 9.10. The number of rotatable bonds is 5.